The number of carbonyl (C=O) groups is 2. The summed E-state index contributed by atoms with van der Waals surface area (Å²) in [4.78, 5) is 25.5. The number of amides is 1. The van der Waals surface area contributed by atoms with Crippen molar-refractivity contribution in [1.29, 1.82) is 0 Å². The van der Waals surface area contributed by atoms with Gasteiger partial charge in [0.15, 0.2) is 0 Å². The summed E-state index contributed by atoms with van der Waals surface area (Å²) in [5.74, 6) is -0.899. The van der Waals surface area contributed by atoms with E-state index in [2.05, 4.69) is 10.4 Å². The van der Waals surface area contributed by atoms with Crippen LogP contribution >= 0.6 is 22.9 Å². The van der Waals surface area contributed by atoms with E-state index < -0.39 is 11.9 Å². The Hall–Kier alpha value is -2.64. The van der Waals surface area contributed by atoms with E-state index in [1.54, 1.807) is 18.5 Å². The number of halogens is 1. The van der Waals surface area contributed by atoms with Crippen molar-refractivity contribution in [2.45, 2.75) is 27.3 Å². The lowest BCUT2D eigenvalue weighted by molar-refractivity contribution is 0.0529. The van der Waals surface area contributed by atoms with Crippen molar-refractivity contribution in [2.24, 2.45) is 0 Å². The van der Waals surface area contributed by atoms with Crippen LogP contribution in [0.3, 0.4) is 0 Å². The lowest BCUT2D eigenvalue weighted by atomic mass is 10.0. The van der Waals surface area contributed by atoms with Crippen molar-refractivity contribution in [3.8, 4) is 11.1 Å². The largest absolute Gasteiger partial charge is 0.462 e. The number of hydrogen-bond donors (Lipinski definition) is 1. The number of carbonyl (C=O) groups excluding carboxylic acids is 2. The Balaban J connectivity index is 2.02. The molecule has 146 valence electrons. The third kappa shape index (κ3) is 3.81. The lowest BCUT2D eigenvalue weighted by Crippen LogP contribution is -2.19. The molecule has 1 aromatic carbocycles. The zero-order chi connectivity index (χ0) is 20.3. The fourth-order valence-electron chi connectivity index (χ4n) is 2.85. The number of hydrogen-bond acceptors (Lipinski definition) is 5. The van der Waals surface area contributed by atoms with Crippen molar-refractivity contribution in [2.75, 3.05) is 11.9 Å². The Labute approximate surface area is 172 Å². The zero-order valence-corrected chi connectivity index (χ0v) is 17.4. The normalized spacial score (nSPS) is 10.7. The van der Waals surface area contributed by atoms with Crippen molar-refractivity contribution < 1.29 is 14.3 Å². The van der Waals surface area contributed by atoms with Gasteiger partial charge in [-0.05, 0) is 26.3 Å². The number of aromatic nitrogens is 2. The summed E-state index contributed by atoms with van der Waals surface area (Å²) < 4.78 is 6.77. The molecule has 1 amide bonds. The van der Waals surface area contributed by atoms with E-state index in [1.165, 1.54) is 11.3 Å². The molecule has 0 aliphatic heterocycles. The molecule has 0 saturated heterocycles. The van der Waals surface area contributed by atoms with Crippen molar-refractivity contribution in [1.82, 2.24) is 9.78 Å². The van der Waals surface area contributed by atoms with E-state index >= 15 is 0 Å². The minimum atomic E-state index is -0.482. The maximum atomic E-state index is 12.9. The highest BCUT2D eigenvalue weighted by molar-refractivity contribution is 7.15. The SMILES string of the molecule is CCOC(=O)c1c(-c2ccccc2)csc1NC(=O)c1c(Cl)c(C)nn1CC. The van der Waals surface area contributed by atoms with Gasteiger partial charge in [-0.25, -0.2) is 4.79 Å². The number of rotatable bonds is 6. The second-order valence-corrected chi connectivity index (χ2v) is 7.22. The van der Waals surface area contributed by atoms with Crippen LogP contribution in [-0.2, 0) is 11.3 Å². The monoisotopic (exact) mass is 417 g/mol. The topological polar surface area (TPSA) is 73.2 Å². The van der Waals surface area contributed by atoms with Gasteiger partial charge in [-0.1, -0.05) is 41.9 Å². The number of ether oxygens (including phenoxy) is 1. The Bertz CT molecular complexity index is 1010. The average Bonchev–Trinajstić information content (AvgIpc) is 3.23. The molecule has 6 nitrogen and oxygen atoms in total. The summed E-state index contributed by atoms with van der Waals surface area (Å²) in [6.45, 7) is 6.11. The van der Waals surface area contributed by atoms with E-state index in [1.807, 2.05) is 42.6 Å². The van der Waals surface area contributed by atoms with Crippen LogP contribution in [0.25, 0.3) is 11.1 Å². The smallest absolute Gasteiger partial charge is 0.341 e. The van der Waals surface area contributed by atoms with Crippen LogP contribution < -0.4 is 5.32 Å². The number of esters is 1. The molecule has 3 rings (SSSR count). The van der Waals surface area contributed by atoms with Crippen LogP contribution in [0.5, 0.6) is 0 Å². The molecule has 2 aromatic heterocycles. The third-order valence-corrected chi connectivity index (χ3v) is 5.50. The van der Waals surface area contributed by atoms with E-state index in [0.29, 0.717) is 33.4 Å². The molecule has 0 aliphatic carbocycles. The molecule has 0 spiro atoms. The Morgan fingerprint density at radius 2 is 1.96 bits per heavy atom. The minimum absolute atomic E-state index is 0.240. The number of aryl methyl sites for hydroxylation is 2. The highest BCUT2D eigenvalue weighted by atomic mass is 35.5. The van der Waals surface area contributed by atoms with Crippen molar-refractivity contribution >= 4 is 39.8 Å². The quantitative estimate of drug-likeness (QED) is 0.571. The first-order valence-corrected chi connectivity index (χ1v) is 10.1. The molecule has 0 unspecified atom stereocenters. The Morgan fingerprint density at radius 1 is 1.25 bits per heavy atom. The summed E-state index contributed by atoms with van der Waals surface area (Å²) in [6.07, 6.45) is 0. The summed E-state index contributed by atoms with van der Waals surface area (Å²) >= 11 is 7.54. The summed E-state index contributed by atoms with van der Waals surface area (Å²) in [6, 6.07) is 9.50. The standard InChI is InChI=1S/C20H20ClN3O3S/c1-4-24-17(16(21)12(3)23-24)18(25)22-19-15(20(26)27-5-2)14(11-28-19)13-9-7-6-8-10-13/h6-11H,4-5H2,1-3H3,(H,22,25). The second-order valence-electron chi connectivity index (χ2n) is 5.96. The summed E-state index contributed by atoms with van der Waals surface area (Å²) in [7, 11) is 0. The molecular weight excluding hydrogens is 398 g/mol. The van der Waals surface area contributed by atoms with Crippen molar-refractivity contribution in [3.63, 3.8) is 0 Å². The first-order valence-electron chi connectivity index (χ1n) is 8.86. The van der Waals surface area contributed by atoms with Crippen LogP contribution in [0.15, 0.2) is 35.7 Å². The van der Waals surface area contributed by atoms with Gasteiger partial charge in [0.1, 0.15) is 16.3 Å². The van der Waals surface area contributed by atoms with Gasteiger partial charge in [-0.3, -0.25) is 9.48 Å². The van der Waals surface area contributed by atoms with E-state index in [0.717, 1.165) is 5.56 Å². The number of anilines is 1. The van der Waals surface area contributed by atoms with E-state index in [4.69, 9.17) is 16.3 Å². The third-order valence-electron chi connectivity index (χ3n) is 4.15. The van der Waals surface area contributed by atoms with Gasteiger partial charge in [0.2, 0.25) is 0 Å². The zero-order valence-electron chi connectivity index (χ0n) is 15.8. The molecule has 0 atom stereocenters. The van der Waals surface area contributed by atoms with Gasteiger partial charge in [0.25, 0.3) is 5.91 Å². The molecule has 1 N–H and O–H groups in total. The van der Waals surface area contributed by atoms with Crippen LogP contribution in [-0.4, -0.2) is 28.3 Å². The summed E-state index contributed by atoms with van der Waals surface area (Å²) in [5, 5.41) is 9.64. The minimum Gasteiger partial charge on any atom is -0.462 e. The lowest BCUT2D eigenvalue weighted by Gasteiger charge is -2.10. The van der Waals surface area contributed by atoms with Gasteiger partial charge >= 0.3 is 5.97 Å². The first-order chi connectivity index (χ1) is 13.5. The highest BCUT2D eigenvalue weighted by Crippen LogP contribution is 2.36. The molecular formula is C20H20ClN3O3S. The number of thiophene rings is 1. The van der Waals surface area contributed by atoms with Crippen LogP contribution in [0.4, 0.5) is 5.00 Å². The van der Waals surface area contributed by atoms with Crippen LogP contribution in [0.1, 0.15) is 40.4 Å². The Morgan fingerprint density at radius 3 is 2.61 bits per heavy atom. The molecule has 8 heteroatoms. The first kappa shape index (κ1) is 20.1. The predicted molar refractivity (Wildman–Crippen MR) is 111 cm³/mol. The molecule has 28 heavy (non-hydrogen) atoms. The molecule has 0 bridgehead atoms. The molecule has 0 aliphatic rings. The van der Waals surface area contributed by atoms with Gasteiger partial charge in [-0.15, -0.1) is 11.3 Å². The number of benzene rings is 1. The second kappa shape index (κ2) is 8.58. The molecule has 0 radical (unpaired) electrons. The predicted octanol–water partition coefficient (Wildman–Crippen LogP) is 5.02. The van der Waals surface area contributed by atoms with Crippen LogP contribution in [0.2, 0.25) is 5.02 Å². The van der Waals surface area contributed by atoms with Gasteiger partial charge in [0.05, 0.1) is 17.3 Å². The van der Waals surface area contributed by atoms with Gasteiger partial charge in [0, 0.05) is 17.5 Å². The van der Waals surface area contributed by atoms with E-state index in [9.17, 15) is 9.59 Å². The Kier molecular flexibility index (Phi) is 6.16. The number of nitrogens with one attached hydrogen (secondary N) is 1. The maximum Gasteiger partial charge on any atom is 0.341 e. The van der Waals surface area contributed by atoms with E-state index in [-0.39, 0.29) is 12.3 Å². The molecule has 0 saturated carbocycles. The fraction of sp³-hybridized carbons (Fsp3) is 0.250. The fourth-order valence-corrected chi connectivity index (χ4v) is 4.03. The summed E-state index contributed by atoms with van der Waals surface area (Å²) in [5.41, 5.74) is 2.77. The van der Waals surface area contributed by atoms with Gasteiger partial charge in [-0.2, -0.15) is 5.10 Å². The molecule has 3 aromatic rings. The molecule has 2 heterocycles. The van der Waals surface area contributed by atoms with Crippen LogP contribution in [0, 0.1) is 6.92 Å². The highest BCUT2D eigenvalue weighted by Gasteiger charge is 2.26. The van der Waals surface area contributed by atoms with Gasteiger partial charge < -0.3 is 10.1 Å². The maximum absolute atomic E-state index is 12.9. The average molecular weight is 418 g/mol. The van der Waals surface area contributed by atoms with Crippen molar-refractivity contribution in [3.05, 3.63) is 57.7 Å². The number of nitrogens with zero attached hydrogens (tertiary/aromatic N) is 2. The molecule has 0 fully saturated rings.